The van der Waals surface area contributed by atoms with E-state index in [-0.39, 0.29) is 44.0 Å². The van der Waals surface area contributed by atoms with E-state index in [1.807, 2.05) is 13.8 Å². The number of hydrogen-bond acceptors (Lipinski definition) is 6. The van der Waals surface area contributed by atoms with Gasteiger partial charge in [0, 0.05) is 19.7 Å². The summed E-state index contributed by atoms with van der Waals surface area (Å²) < 4.78 is 12.4. The molecule has 1 N–H and O–H groups in total. The van der Waals surface area contributed by atoms with Gasteiger partial charge in [-0.25, -0.2) is 0 Å². The molecular formula is C30H39ClN2O6. The molecule has 0 radical (unpaired) electrons. The molecule has 1 aromatic carbocycles. The topological polar surface area (TPSA) is 96.4 Å². The summed E-state index contributed by atoms with van der Waals surface area (Å²) in [5.74, 6) is -2.85. The minimum Gasteiger partial charge on any atom is -0.465 e. The summed E-state index contributed by atoms with van der Waals surface area (Å²) in [6.07, 6.45) is 6.17. The van der Waals surface area contributed by atoms with Crippen LogP contribution in [-0.2, 0) is 23.9 Å². The van der Waals surface area contributed by atoms with E-state index in [1.165, 1.54) is 4.90 Å². The number of nitrogens with zero attached hydrogens (tertiary/aromatic N) is 2. The molecule has 0 aliphatic carbocycles. The highest BCUT2D eigenvalue weighted by molar-refractivity contribution is 6.34. The number of benzene rings is 1. The van der Waals surface area contributed by atoms with Gasteiger partial charge in [0.05, 0.1) is 28.8 Å². The molecule has 9 heteroatoms. The number of allylic oxidation sites excluding steroid dienone is 1. The predicted molar refractivity (Wildman–Crippen MR) is 149 cm³/mol. The van der Waals surface area contributed by atoms with Crippen LogP contribution in [0.25, 0.3) is 0 Å². The fourth-order valence-corrected chi connectivity index (χ4v) is 6.99. The minimum absolute atomic E-state index is 0.0251. The Morgan fingerprint density at radius 2 is 2.00 bits per heavy atom. The third-order valence-corrected chi connectivity index (χ3v) is 8.95. The Morgan fingerprint density at radius 1 is 1.26 bits per heavy atom. The summed E-state index contributed by atoms with van der Waals surface area (Å²) in [6, 6.07) is 6.08. The Labute approximate surface area is 235 Å². The molecule has 1 aromatic rings. The number of hydrogen-bond donors (Lipinski definition) is 1. The van der Waals surface area contributed by atoms with E-state index in [9.17, 15) is 19.5 Å². The maximum atomic E-state index is 14.5. The quantitative estimate of drug-likeness (QED) is 0.222. The summed E-state index contributed by atoms with van der Waals surface area (Å²) in [5.41, 5.74) is -1.62. The standard InChI is InChI=1S/C30H39ClN2O6/c1-5-7-12-18-38-28(37)24-23-26(35)33(16-10-11-17-34)25(30(23)19-20(3)29(24,4)39-30)27(36)32(15-6-2)22-14-9-8-13-21(22)31/h5-6,8-9,13-14,20,23-25,34H,1-2,7,10-12,15-19H2,3-4H3/t20?,23-,24+,25?,29-,30?/m0/s1. The molecule has 3 aliphatic rings. The zero-order valence-corrected chi connectivity index (χ0v) is 23.6. The van der Waals surface area contributed by atoms with Gasteiger partial charge in [0.25, 0.3) is 5.91 Å². The van der Waals surface area contributed by atoms with Gasteiger partial charge < -0.3 is 24.4 Å². The summed E-state index contributed by atoms with van der Waals surface area (Å²) in [4.78, 5) is 45.3. The smallest absolute Gasteiger partial charge is 0.312 e. The van der Waals surface area contributed by atoms with Gasteiger partial charge in [-0.2, -0.15) is 0 Å². The molecule has 3 aliphatic heterocycles. The van der Waals surface area contributed by atoms with Crippen LogP contribution >= 0.6 is 11.6 Å². The third-order valence-electron chi connectivity index (χ3n) is 8.63. The van der Waals surface area contributed by atoms with Crippen molar-refractivity contribution in [1.29, 1.82) is 0 Å². The Kier molecular flexibility index (Phi) is 8.88. The summed E-state index contributed by atoms with van der Waals surface area (Å²) in [5, 5.41) is 9.79. The average molecular weight is 559 g/mol. The van der Waals surface area contributed by atoms with Crippen molar-refractivity contribution in [2.75, 3.05) is 31.2 Å². The highest BCUT2D eigenvalue weighted by Gasteiger charge is 2.80. The minimum atomic E-state index is -1.19. The Morgan fingerprint density at radius 3 is 2.67 bits per heavy atom. The largest absolute Gasteiger partial charge is 0.465 e. The number of fused-ring (bicyclic) bond motifs is 1. The lowest BCUT2D eigenvalue weighted by Gasteiger charge is -2.37. The molecule has 39 heavy (non-hydrogen) atoms. The van der Waals surface area contributed by atoms with Gasteiger partial charge in [0.2, 0.25) is 5.91 Å². The Bertz CT molecular complexity index is 1130. The van der Waals surface area contributed by atoms with Crippen LogP contribution in [0.1, 0.15) is 46.0 Å². The summed E-state index contributed by atoms with van der Waals surface area (Å²) >= 11 is 6.51. The SMILES string of the molecule is C=CCCCOC(=O)[C@H]1[C@H]2C(=O)N(CCCCO)C(C(=O)N(CC=C)c3ccccc3Cl)C23CC(C)[C@]1(C)O3. The van der Waals surface area contributed by atoms with Crippen LogP contribution in [0, 0.1) is 17.8 Å². The maximum Gasteiger partial charge on any atom is 0.312 e. The van der Waals surface area contributed by atoms with Crippen molar-refractivity contribution in [3.8, 4) is 0 Å². The second-order valence-corrected chi connectivity index (χ2v) is 11.4. The number of likely N-dealkylation sites (tertiary alicyclic amines) is 1. The first kappa shape index (κ1) is 29.3. The molecule has 2 amide bonds. The first-order chi connectivity index (χ1) is 18.7. The van der Waals surface area contributed by atoms with Crippen LogP contribution in [0.15, 0.2) is 49.6 Å². The number of esters is 1. The van der Waals surface area contributed by atoms with Crippen molar-refractivity contribution >= 4 is 35.1 Å². The van der Waals surface area contributed by atoms with Gasteiger partial charge in [-0.3, -0.25) is 14.4 Å². The van der Waals surface area contributed by atoms with Crippen LogP contribution in [-0.4, -0.2) is 71.3 Å². The highest BCUT2D eigenvalue weighted by atomic mass is 35.5. The lowest BCUT2D eigenvalue weighted by Crippen LogP contribution is -2.57. The van der Waals surface area contributed by atoms with Gasteiger partial charge in [-0.05, 0) is 57.1 Å². The maximum absolute atomic E-state index is 14.5. The fourth-order valence-electron chi connectivity index (χ4n) is 6.76. The number of halogens is 1. The number of rotatable bonds is 13. The van der Waals surface area contributed by atoms with Gasteiger partial charge in [-0.15, -0.1) is 13.2 Å². The second kappa shape index (κ2) is 11.8. The third kappa shape index (κ3) is 4.92. The number of carbonyl (C=O) groups is 3. The lowest BCUT2D eigenvalue weighted by atomic mass is 9.62. The normalized spacial score (nSPS) is 30.8. The monoisotopic (exact) mass is 558 g/mol. The number of ether oxygens (including phenoxy) is 2. The first-order valence-corrected chi connectivity index (χ1v) is 14.1. The number of anilines is 1. The summed E-state index contributed by atoms with van der Waals surface area (Å²) in [6.45, 7) is 12.0. The molecule has 3 unspecified atom stereocenters. The van der Waals surface area contributed by atoms with E-state index < -0.39 is 35.0 Å². The molecular weight excluding hydrogens is 520 g/mol. The second-order valence-electron chi connectivity index (χ2n) is 11.0. The van der Waals surface area contributed by atoms with E-state index in [1.54, 1.807) is 41.3 Å². The van der Waals surface area contributed by atoms with Gasteiger partial charge in [0.1, 0.15) is 17.6 Å². The van der Waals surface area contributed by atoms with Crippen LogP contribution in [0.5, 0.6) is 0 Å². The van der Waals surface area contributed by atoms with Crippen LogP contribution < -0.4 is 4.90 Å². The number of amides is 2. The first-order valence-electron chi connectivity index (χ1n) is 13.7. The van der Waals surface area contributed by atoms with Gasteiger partial charge in [-0.1, -0.05) is 42.8 Å². The molecule has 1 spiro atoms. The lowest BCUT2D eigenvalue weighted by molar-refractivity contribution is -0.161. The van der Waals surface area contributed by atoms with Crippen LogP contribution in [0.4, 0.5) is 5.69 Å². The van der Waals surface area contributed by atoms with Crippen LogP contribution in [0.3, 0.4) is 0 Å². The summed E-state index contributed by atoms with van der Waals surface area (Å²) in [7, 11) is 0. The van der Waals surface area contributed by atoms with Crippen molar-refractivity contribution in [2.45, 2.75) is 63.2 Å². The molecule has 3 saturated heterocycles. The molecule has 0 saturated carbocycles. The van der Waals surface area contributed by atoms with Gasteiger partial charge in [0.15, 0.2) is 0 Å². The predicted octanol–water partition coefficient (Wildman–Crippen LogP) is 4.15. The van der Waals surface area contributed by atoms with Crippen molar-refractivity contribution < 1.29 is 29.0 Å². The van der Waals surface area contributed by atoms with Crippen molar-refractivity contribution in [1.82, 2.24) is 4.90 Å². The molecule has 0 aromatic heterocycles. The van der Waals surface area contributed by atoms with E-state index in [0.717, 1.165) is 0 Å². The molecule has 212 valence electrons. The number of aliphatic hydroxyl groups excluding tert-OH is 1. The molecule has 8 nitrogen and oxygen atoms in total. The highest BCUT2D eigenvalue weighted by Crippen LogP contribution is 2.65. The van der Waals surface area contributed by atoms with E-state index in [4.69, 9.17) is 21.1 Å². The number of unbranched alkanes of at least 4 members (excludes halogenated alkanes) is 2. The fraction of sp³-hybridized carbons (Fsp3) is 0.567. The number of para-hydroxylation sites is 1. The van der Waals surface area contributed by atoms with Crippen molar-refractivity contribution in [2.24, 2.45) is 17.8 Å². The van der Waals surface area contributed by atoms with E-state index in [0.29, 0.717) is 42.8 Å². The van der Waals surface area contributed by atoms with Gasteiger partial charge >= 0.3 is 5.97 Å². The van der Waals surface area contributed by atoms with Crippen molar-refractivity contribution in [3.05, 3.63) is 54.6 Å². The zero-order chi connectivity index (χ0) is 28.4. The molecule has 3 heterocycles. The zero-order valence-electron chi connectivity index (χ0n) is 22.8. The van der Waals surface area contributed by atoms with Crippen LogP contribution in [0.2, 0.25) is 5.02 Å². The molecule has 4 rings (SSSR count). The van der Waals surface area contributed by atoms with E-state index in [2.05, 4.69) is 13.2 Å². The molecule has 3 fully saturated rings. The number of aliphatic hydroxyl groups is 1. The Balaban J connectivity index is 1.76. The molecule has 6 atom stereocenters. The van der Waals surface area contributed by atoms with Crippen molar-refractivity contribution in [3.63, 3.8) is 0 Å². The van der Waals surface area contributed by atoms with E-state index >= 15 is 0 Å². The average Bonchev–Trinajstić information content (AvgIpc) is 3.42. The Hall–Kier alpha value is -2.68. The number of carbonyl (C=O) groups excluding carboxylic acids is 3. The molecule has 2 bridgehead atoms.